The van der Waals surface area contributed by atoms with Crippen LogP contribution in [0.3, 0.4) is 0 Å². The zero-order chi connectivity index (χ0) is 19.1. The molecule has 134 valence electrons. The first kappa shape index (κ1) is 17.7. The summed E-state index contributed by atoms with van der Waals surface area (Å²) in [5.74, 6) is -2.64. The first-order valence-electron chi connectivity index (χ1n) is 7.32. The molecule has 1 aromatic heterocycles. The number of hydrogen-bond donors (Lipinski definition) is 2. The number of H-pyrrole nitrogens is 1. The third-order valence-electron chi connectivity index (χ3n) is 3.81. The van der Waals surface area contributed by atoms with Crippen LogP contribution < -0.4 is 5.73 Å². The lowest BCUT2D eigenvalue weighted by Gasteiger charge is -2.10. The van der Waals surface area contributed by atoms with Crippen LogP contribution in [0.15, 0.2) is 48.5 Å². The predicted octanol–water partition coefficient (Wildman–Crippen LogP) is 4.74. The van der Waals surface area contributed by atoms with E-state index >= 15 is 0 Å². The molecule has 2 aromatic carbocycles. The molecule has 26 heavy (non-hydrogen) atoms. The molecule has 3 aromatic rings. The van der Waals surface area contributed by atoms with Gasteiger partial charge in [-0.3, -0.25) is 4.79 Å². The van der Waals surface area contributed by atoms with Crippen LogP contribution in [0.2, 0.25) is 0 Å². The van der Waals surface area contributed by atoms with Crippen LogP contribution in [-0.2, 0) is 6.18 Å². The fourth-order valence-electron chi connectivity index (χ4n) is 2.53. The molecule has 0 fully saturated rings. The Morgan fingerprint density at radius 1 is 0.885 bits per heavy atom. The van der Waals surface area contributed by atoms with E-state index in [1.807, 2.05) is 0 Å². The number of benzene rings is 2. The lowest BCUT2D eigenvalue weighted by atomic mass is 10.0. The van der Waals surface area contributed by atoms with Gasteiger partial charge in [0.05, 0.1) is 16.8 Å². The largest absolute Gasteiger partial charge is 0.416 e. The highest BCUT2D eigenvalue weighted by atomic mass is 19.4. The Hall–Kier alpha value is -3.16. The zero-order valence-corrected chi connectivity index (χ0v) is 13.0. The molecule has 0 saturated carbocycles. The molecule has 0 radical (unpaired) electrons. The molecule has 0 unspecified atom stereocenters. The monoisotopic (exact) mass is 366 g/mol. The van der Waals surface area contributed by atoms with Crippen molar-refractivity contribution in [3.8, 4) is 22.4 Å². The smallest absolute Gasteiger partial charge is 0.364 e. The molecular weight excluding hydrogens is 355 g/mol. The average Bonchev–Trinajstić information content (AvgIpc) is 3.03. The van der Waals surface area contributed by atoms with E-state index in [0.29, 0.717) is 0 Å². The second-order valence-corrected chi connectivity index (χ2v) is 5.54. The van der Waals surface area contributed by atoms with Crippen molar-refractivity contribution in [3.05, 3.63) is 71.4 Å². The summed E-state index contributed by atoms with van der Waals surface area (Å²) in [5, 5.41) is 0. The Morgan fingerprint density at radius 2 is 1.46 bits per heavy atom. The third kappa shape index (κ3) is 3.30. The van der Waals surface area contributed by atoms with Crippen LogP contribution in [0.4, 0.5) is 22.0 Å². The summed E-state index contributed by atoms with van der Waals surface area (Å²) in [6, 6.07) is 8.55. The van der Waals surface area contributed by atoms with Crippen molar-refractivity contribution in [3.63, 3.8) is 0 Å². The standard InChI is InChI=1S/C18H11F5N2O/c19-12-7-10(9-1-3-11(4-2-9)18(21,22)23)8-13(20)16(12)14-5-6-15(25-14)17(24)26/h1-8,25H,(H2,24,26). The van der Waals surface area contributed by atoms with Crippen molar-refractivity contribution in [1.82, 2.24) is 4.98 Å². The molecule has 8 heteroatoms. The van der Waals surface area contributed by atoms with E-state index < -0.39 is 34.8 Å². The highest BCUT2D eigenvalue weighted by Crippen LogP contribution is 2.33. The maximum atomic E-state index is 14.4. The number of amides is 1. The zero-order valence-electron chi connectivity index (χ0n) is 13.0. The van der Waals surface area contributed by atoms with Crippen molar-refractivity contribution in [2.75, 3.05) is 0 Å². The van der Waals surface area contributed by atoms with Crippen molar-refractivity contribution >= 4 is 5.91 Å². The van der Waals surface area contributed by atoms with E-state index in [1.165, 1.54) is 12.1 Å². The van der Waals surface area contributed by atoms with Gasteiger partial charge in [0.1, 0.15) is 17.3 Å². The van der Waals surface area contributed by atoms with Gasteiger partial charge in [-0.2, -0.15) is 13.2 Å². The van der Waals surface area contributed by atoms with E-state index in [-0.39, 0.29) is 22.5 Å². The van der Waals surface area contributed by atoms with E-state index in [0.717, 1.165) is 36.4 Å². The fraction of sp³-hybridized carbons (Fsp3) is 0.0556. The number of primary amides is 1. The minimum absolute atomic E-state index is 0.00869. The van der Waals surface area contributed by atoms with Crippen molar-refractivity contribution in [1.29, 1.82) is 0 Å². The first-order valence-corrected chi connectivity index (χ1v) is 7.32. The molecule has 1 heterocycles. The topological polar surface area (TPSA) is 58.9 Å². The molecule has 0 atom stereocenters. The van der Waals surface area contributed by atoms with Gasteiger partial charge in [-0.1, -0.05) is 12.1 Å². The molecule has 0 aliphatic carbocycles. The third-order valence-corrected chi connectivity index (χ3v) is 3.81. The van der Waals surface area contributed by atoms with Gasteiger partial charge in [0.2, 0.25) is 0 Å². The highest BCUT2D eigenvalue weighted by molar-refractivity contribution is 5.92. The number of aromatic amines is 1. The summed E-state index contributed by atoms with van der Waals surface area (Å²) < 4.78 is 66.6. The molecule has 3 rings (SSSR count). The molecule has 0 spiro atoms. The predicted molar refractivity (Wildman–Crippen MR) is 85.1 cm³/mol. The second kappa shape index (κ2) is 6.29. The maximum absolute atomic E-state index is 14.4. The quantitative estimate of drug-likeness (QED) is 0.646. The second-order valence-electron chi connectivity index (χ2n) is 5.54. The van der Waals surface area contributed by atoms with E-state index in [2.05, 4.69) is 4.98 Å². The van der Waals surface area contributed by atoms with Gasteiger partial charge < -0.3 is 10.7 Å². The first-order chi connectivity index (χ1) is 12.2. The number of alkyl halides is 3. The number of hydrogen-bond acceptors (Lipinski definition) is 1. The number of nitrogens with one attached hydrogen (secondary N) is 1. The molecule has 3 nitrogen and oxygen atoms in total. The molecular formula is C18H11F5N2O. The lowest BCUT2D eigenvalue weighted by molar-refractivity contribution is -0.137. The molecule has 0 aliphatic rings. The van der Waals surface area contributed by atoms with Gasteiger partial charge in [0.15, 0.2) is 0 Å². The van der Waals surface area contributed by atoms with Crippen molar-refractivity contribution in [2.45, 2.75) is 6.18 Å². The van der Waals surface area contributed by atoms with Gasteiger partial charge >= 0.3 is 6.18 Å². The van der Waals surface area contributed by atoms with Crippen LogP contribution >= 0.6 is 0 Å². The van der Waals surface area contributed by atoms with Crippen LogP contribution in [0.5, 0.6) is 0 Å². The highest BCUT2D eigenvalue weighted by Gasteiger charge is 2.30. The van der Waals surface area contributed by atoms with Crippen LogP contribution in [0.25, 0.3) is 22.4 Å². The minimum atomic E-state index is -4.50. The summed E-state index contributed by atoms with van der Waals surface area (Å²) >= 11 is 0. The summed E-state index contributed by atoms with van der Waals surface area (Å²) in [5.41, 5.74) is 4.16. The SMILES string of the molecule is NC(=O)c1ccc(-c2c(F)cc(-c3ccc(C(F)(F)F)cc3)cc2F)[nH]1. The van der Waals surface area contributed by atoms with Gasteiger partial charge in [-0.05, 0) is 47.5 Å². The van der Waals surface area contributed by atoms with E-state index in [9.17, 15) is 26.7 Å². The Balaban J connectivity index is 2.00. The summed E-state index contributed by atoms with van der Waals surface area (Å²) in [6.07, 6.45) is -4.50. The molecule has 0 aliphatic heterocycles. The Kier molecular flexibility index (Phi) is 4.27. The summed E-state index contributed by atoms with van der Waals surface area (Å²) in [4.78, 5) is 13.6. The molecule has 0 saturated heterocycles. The number of carbonyl (C=O) groups is 1. The average molecular weight is 366 g/mol. The molecule has 3 N–H and O–H groups in total. The van der Waals surface area contributed by atoms with E-state index in [1.54, 1.807) is 0 Å². The van der Waals surface area contributed by atoms with Crippen LogP contribution in [0, 0.1) is 11.6 Å². The molecule has 1 amide bonds. The Morgan fingerprint density at radius 3 is 1.92 bits per heavy atom. The van der Waals surface area contributed by atoms with Gasteiger partial charge in [-0.15, -0.1) is 0 Å². The van der Waals surface area contributed by atoms with Gasteiger partial charge in [0.25, 0.3) is 5.91 Å². The molecule has 0 bridgehead atoms. The Labute approximate surface area is 144 Å². The minimum Gasteiger partial charge on any atom is -0.364 e. The fourth-order valence-corrected chi connectivity index (χ4v) is 2.53. The number of carbonyl (C=O) groups excluding carboxylic acids is 1. The number of nitrogens with two attached hydrogens (primary N) is 1. The Bertz CT molecular complexity index is 951. The normalized spacial score (nSPS) is 11.6. The summed E-state index contributed by atoms with van der Waals surface area (Å²) in [6.45, 7) is 0. The lowest BCUT2D eigenvalue weighted by Crippen LogP contribution is -2.11. The maximum Gasteiger partial charge on any atom is 0.416 e. The summed E-state index contributed by atoms with van der Waals surface area (Å²) in [7, 11) is 0. The van der Waals surface area contributed by atoms with Gasteiger partial charge in [-0.25, -0.2) is 8.78 Å². The number of halogens is 5. The van der Waals surface area contributed by atoms with Crippen molar-refractivity contribution in [2.24, 2.45) is 5.73 Å². The van der Waals surface area contributed by atoms with Crippen LogP contribution in [-0.4, -0.2) is 10.9 Å². The van der Waals surface area contributed by atoms with Crippen LogP contribution in [0.1, 0.15) is 16.1 Å². The number of rotatable bonds is 3. The van der Waals surface area contributed by atoms with Gasteiger partial charge in [0, 0.05) is 0 Å². The number of aromatic nitrogens is 1. The van der Waals surface area contributed by atoms with Crippen molar-refractivity contribution < 1.29 is 26.7 Å². The van der Waals surface area contributed by atoms with E-state index in [4.69, 9.17) is 5.73 Å².